The summed E-state index contributed by atoms with van der Waals surface area (Å²) < 4.78 is 6.39. The van der Waals surface area contributed by atoms with Crippen LogP contribution in [0.1, 0.15) is 66.2 Å². The summed E-state index contributed by atoms with van der Waals surface area (Å²) in [7, 11) is 0. The van der Waals surface area contributed by atoms with E-state index in [0.717, 1.165) is 36.5 Å². The molecule has 4 atom stereocenters. The predicted molar refractivity (Wildman–Crippen MR) is 130 cm³/mol. The van der Waals surface area contributed by atoms with Crippen LogP contribution in [0.5, 0.6) is 0 Å². The van der Waals surface area contributed by atoms with E-state index in [-0.39, 0.29) is 23.2 Å². The second kappa shape index (κ2) is 12.8. The number of allylic oxidation sites excluding steroid dienone is 10. The van der Waals surface area contributed by atoms with Crippen molar-refractivity contribution in [2.75, 3.05) is 6.61 Å². The second-order valence-electron chi connectivity index (χ2n) is 8.04. The number of rotatable bonds is 5. The maximum atomic E-state index is 10.1. The van der Waals surface area contributed by atoms with E-state index < -0.39 is 6.10 Å². The smallest absolute Gasteiger partial charge is 0.146 e. The number of ether oxygens (including phenoxy) is 1. The minimum absolute atomic E-state index is 0.0283. The lowest BCUT2D eigenvalue weighted by Gasteiger charge is -2.33. The highest BCUT2D eigenvalue weighted by Crippen LogP contribution is 2.39. The van der Waals surface area contributed by atoms with Gasteiger partial charge in [0.25, 0.3) is 0 Å². The van der Waals surface area contributed by atoms with Gasteiger partial charge in [-0.15, -0.1) is 11.8 Å². The zero-order valence-corrected chi connectivity index (χ0v) is 20.3. The monoisotopic (exact) mass is 452 g/mol. The third-order valence-electron chi connectivity index (χ3n) is 5.57. The van der Waals surface area contributed by atoms with Crippen molar-refractivity contribution >= 4 is 23.4 Å². The Hall–Kier alpha value is -0.940. The van der Waals surface area contributed by atoms with E-state index in [1.54, 1.807) is 11.8 Å². The summed E-state index contributed by atoms with van der Waals surface area (Å²) in [5, 5.41) is 20.5. The molecule has 30 heavy (non-hydrogen) atoms. The molecule has 1 aliphatic heterocycles. The summed E-state index contributed by atoms with van der Waals surface area (Å²) >= 11 is 7.95. The van der Waals surface area contributed by atoms with Crippen molar-refractivity contribution in [3.05, 3.63) is 57.9 Å². The van der Waals surface area contributed by atoms with Gasteiger partial charge in [0.05, 0.1) is 12.7 Å². The summed E-state index contributed by atoms with van der Waals surface area (Å²) in [6.07, 6.45) is 15.2. The first-order chi connectivity index (χ1) is 14.4. The molecule has 3 rings (SSSR count). The molecular formula is C25H37ClO3S. The minimum atomic E-state index is -0.421. The van der Waals surface area contributed by atoms with E-state index in [9.17, 15) is 10.2 Å². The van der Waals surface area contributed by atoms with Crippen LogP contribution in [0.2, 0.25) is 0 Å². The Morgan fingerprint density at radius 1 is 1.20 bits per heavy atom. The van der Waals surface area contributed by atoms with Gasteiger partial charge < -0.3 is 14.9 Å². The molecule has 0 bridgehead atoms. The summed E-state index contributed by atoms with van der Waals surface area (Å²) in [4.78, 5) is 0. The first-order valence-corrected chi connectivity index (χ1v) is 12.5. The summed E-state index contributed by atoms with van der Waals surface area (Å²) in [6.45, 7) is 8.42. The number of thioether (sulfide) groups is 1. The molecule has 3 aliphatic rings. The molecule has 2 aliphatic carbocycles. The van der Waals surface area contributed by atoms with Gasteiger partial charge in [0.2, 0.25) is 0 Å². The second-order valence-corrected chi connectivity index (χ2v) is 9.99. The molecule has 0 radical (unpaired) electrons. The minimum Gasteiger partial charge on any atom is -0.484 e. The van der Waals surface area contributed by atoms with Crippen molar-refractivity contribution in [2.45, 2.75) is 83.0 Å². The van der Waals surface area contributed by atoms with Crippen LogP contribution in [0.4, 0.5) is 0 Å². The molecule has 2 N–H and O–H groups in total. The van der Waals surface area contributed by atoms with Crippen LogP contribution in [0.25, 0.3) is 0 Å². The van der Waals surface area contributed by atoms with Crippen molar-refractivity contribution in [3.8, 4) is 0 Å². The van der Waals surface area contributed by atoms with Crippen LogP contribution in [0.15, 0.2) is 57.9 Å². The Morgan fingerprint density at radius 3 is 2.70 bits per heavy atom. The highest BCUT2D eigenvalue weighted by molar-refractivity contribution is 8.00. The van der Waals surface area contributed by atoms with Gasteiger partial charge in [-0.3, -0.25) is 0 Å². The van der Waals surface area contributed by atoms with E-state index in [4.69, 9.17) is 16.3 Å². The van der Waals surface area contributed by atoms with Crippen LogP contribution in [-0.2, 0) is 4.74 Å². The van der Waals surface area contributed by atoms with Crippen molar-refractivity contribution in [1.82, 2.24) is 0 Å². The van der Waals surface area contributed by atoms with Crippen LogP contribution in [0, 0.1) is 5.92 Å². The van der Waals surface area contributed by atoms with Gasteiger partial charge in [0.15, 0.2) is 0 Å². The van der Waals surface area contributed by atoms with Crippen LogP contribution in [0.3, 0.4) is 0 Å². The molecule has 5 heteroatoms. The number of halogens is 1. The largest absolute Gasteiger partial charge is 0.484 e. The molecule has 3 nitrogen and oxygen atoms in total. The fourth-order valence-electron chi connectivity index (χ4n) is 4.01. The van der Waals surface area contributed by atoms with Crippen molar-refractivity contribution < 1.29 is 14.9 Å². The van der Waals surface area contributed by atoms with Gasteiger partial charge in [0, 0.05) is 22.6 Å². The standard InChI is InChI=1S/C23H31ClO3S.C2H6/c1-15-4-3-5-17(16(2)10-15)11-18-6-7-19(24)8-9-22(18)27-23-13-20(26)12-21(14-25)28-23;1-2/h3,5,8-10,18,20-21,23,25-26H,4,6-7,11-14H2,1-2H3;1-2H3. The van der Waals surface area contributed by atoms with E-state index in [1.807, 2.05) is 26.0 Å². The third-order valence-corrected chi connectivity index (χ3v) is 7.21. The fraction of sp³-hybridized carbons (Fsp3) is 0.600. The highest BCUT2D eigenvalue weighted by Gasteiger charge is 2.31. The Labute approximate surface area is 191 Å². The quantitative estimate of drug-likeness (QED) is 0.491. The first kappa shape index (κ1) is 25.3. The maximum Gasteiger partial charge on any atom is 0.146 e. The number of hydrogen-bond acceptors (Lipinski definition) is 4. The molecule has 168 valence electrons. The zero-order chi connectivity index (χ0) is 22.1. The van der Waals surface area contributed by atoms with Crippen LogP contribution >= 0.6 is 23.4 Å². The van der Waals surface area contributed by atoms with Crippen molar-refractivity contribution in [3.63, 3.8) is 0 Å². The molecule has 0 spiro atoms. The molecule has 1 fully saturated rings. The number of aliphatic hydroxyl groups is 2. The van der Waals surface area contributed by atoms with E-state index in [2.05, 4.69) is 32.1 Å². The van der Waals surface area contributed by atoms with E-state index in [1.165, 1.54) is 16.7 Å². The number of aliphatic hydroxyl groups excluding tert-OH is 2. The van der Waals surface area contributed by atoms with Gasteiger partial charge in [-0.05, 0) is 69.2 Å². The normalized spacial score (nSPS) is 29.6. The predicted octanol–water partition coefficient (Wildman–Crippen LogP) is 6.63. The van der Waals surface area contributed by atoms with Gasteiger partial charge in [-0.1, -0.05) is 49.2 Å². The Balaban J connectivity index is 0.00000155. The summed E-state index contributed by atoms with van der Waals surface area (Å²) in [6, 6.07) is 0. The zero-order valence-electron chi connectivity index (χ0n) is 18.7. The van der Waals surface area contributed by atoms with Gasteiger partial charge in [0.1, 0.15) is 11.2 Å². The van der Waals surface area contributed by atoms with E-state index >= 15 is 0 Å². The SMILES string of the molecule is CC.CC1=CC(C)=C(CC2CCC(Cl)=CC=C2OC2CC(O)CC(CO)S2)C=CC1. The van der Waals surface area contributed by atoms with E-state index in [0.29, 0.717) is 12.8 Å². The molecule has 0 aromatic rings. The molecule has 0 aromatic carbocycles. The lowest BCUT2D eigenvalue weighted by atomic mass is 9.91. The van der Waals surface area contributed by atoms with Gasteiger partial charge in [-0.25, -0.2) is 0 Å². The molecule has 0 amide bonds. The Morgan fingerprint density at radius 2 is 1.97 bits per heavy atom. The Bertz CT molecular complexity index is 720. The molecule has 0 aromatic heterocycles. The fourth-order valence-corrected chi connectivity index (χ4v) is 5.53. The molecule has 1 saturated heterocycles. The maximum absolute atomic E-state index is 10.1. The molecule has 4 unspecified atom stereocenters. The summed E-state index contributed by atoms with van der Waals surface area (Å²) in [5.74, 6) is 1.19. The lowest BCUT2D eigenvalue weighted by molar-refractivity contribution is 0.0693. The molecular weight excluding hydrogens is 416 g/mol. The first-order valence-electron chi connectivity index (χ1n) is 11.2. The van der Waals surface area contributed by atoms with Gasteiger partial charge in [-0.2, -0.15) is 0 Å². The molecule has 0 saturated carbocycles. The van der Waals surface area contributed by atoms with Crippen LogP contribution in [-0.4, -0.2) is 33.6 Å². The van der Waals surface area contributed by atoms with Gasteiger partial charge >= 0.3 is 0 Å². The van der Waals surface area contributed by atoms with Crippen molar-refractivity contribution in [2.24, 2.45) is 5.92 Å². The van der Waals surface area contributed by atoms with Crippen molar-refractivity contribution in [1.29, 1.82) is 0 Å². The average molecular weight is 453 g/mol. The number of hydrogen-bond donors (Lipinski definition) is 2. The topological polar surface area (TPSA) is 49.7 Å². The van der Waals surface area contributed by atoms with Crippen LogP contribution < -0.4 is 0 Å². The lowest BCUT2D eigenvalue weighted by Crippen LogP contribution is -2.32. The highest BCUT2D eigenvalue weighted by atomic mass is 35.5. The summed E-state index contributed by atoms with van der Waals surface area (Å²) in [5.41, 5.74) is 3.90. The molecule has 1 heterocycles. The average Bonchev–Trinajstić information content (AvgIpc) is 2.99. The Kier molecular flexibility index (Phi) is 10.8. The third kappa shape index (κ3) is 7.64.